The molecule has 1 amide bonds. The van der Waals surface area contributed by atoms with Crippen molar-refractivity contribution in [3.8, 4) is 11.1 Å². The number of benzene rings is 1. The molecule has 1 aliphatic rings. The Hall–Kier alpha value is -3.26. The Labute approximate surface area is 160 Å². The van der Waals surface area contributed by atoms with E-state index in [2.05, 4.69) is 10.4 Å². The van der Waals surface area contributed by atoms with Gasteiger partial charge in [-0.05, 0) is 65.4 Å². The number of carbonyl (C=O) groups excluding carboxylic acids is 1. The first-order chi connectivity index (χ1) is 13.5. The van der Waals surface area contributed by atoms with E-state index in [1.165, 1.54) is 9.08 Å². The summed E-state index contributed by atoms with van der Waals surface area (Å²) in [5.74, 6) is 0.0305. The lowest BCUT2D eigenvalue weighted by molar-refractivity contribution is -0.116. The molecule has 3 heterocycles. The second-order valence-electron chi connectivity index (χ2n) is 6.93. The maximum Gasteiger partial charge on any atom is 0.350 e. The Balaban J connectivity index is 1.76. The van der Waals surface area contributed by atoms with E-state index in [-0.39, 0.29) is 30.3 Å². The summed E-state index contributed by atoms with van der Waals surface area (Å²) in [4.78, 5) is 24.3. The van der Waals surface area contributed by atoms with Crippen LogP contribution < -0.4 is 16.7 Å². The number of hydrogen-bond acceptors (Lipinski definition) is 4. The minimum Gasteiger partial charge on any atom is -0.327 e. The molecule has 0 saturated carbocycles. The number of pyridine rings is 1. The SMILES string of the molecule is Cc1cc(-c2ccc3nn(C/C(=C/F)CN)c(=O)n3c2)cc2c1NC(=O)CC2. The molecule has 0 aliphatic carbocycles. The molecule has 0 spiro atoms. The molecule has 0 bridgehead atoms. The van der Waals surface area contributed by atoms with Crippen LogP contribution in [0.3, 0.4) is 0 Å². The van der Waals surface area contributed by atoms with Gasteiger partial charge in [0.15, 0.2) is 5.65 Å². The van der Waals surface area contributed by atoms with E-state index in [9.17, 15) is 14.0 Å². The van der Waals surface area contributed by atoms with Gasteiger partial charge in [-0.2, -0.15) is 0 Å². The number of carbonyl (C=O) groups is 1. The number of nitrogens with two attached hydrogens (primary N) is 1. The smallest absolute Gasteiger partial charge is 0.327 e. The molecule has 0 atom stereocenters. The van der Waals surface area contributed by atoms with E-state index in [0.29, 0.717) is 24.8 Å². The maximum atomic E-state index is 12.8. The highest BCUT2D eigenvalue weighted by molar-refractivity contribution is 5.95. The van der Waals surface area contributed by atoms with E-state index < -0.39 is 0 Å². The summed E-state index contributed by atoms with van der Waals surface area (Å²) >= 11 is 0. The fourth-order valence-electron chi connectivity index (χ4n) is 3.48. The van der Waals surface area contributed by atoms with Gasteiger partial charge < -0.3 is 11.1 Å². The molecule has 144 valence electrons. The molecule has 2 aromatic heterocycles. The monoisotopic (exact) mass is 381 g/mol. The molecule has 7 nitrogen and oxygen atoms in total. The average molecular weight is 381 g/mol. The van der Waals surface area contributed by atoms with Gasteiger partial charge in [0.2, 0.25) is 5.91 Å². The van der Waals surface area contributed by atoms with E-state index in [0.717, 1.165) is 27.9 Å². The molecule has 3 aromatic rings. The first kappa shape index (κ1) is 18.1. The van der Waals surface area contributed by atoms with Crippen molar-refractivity contribution in [3.05, 3.63) is 64.0 Å². The van der Waals surface area contributed by atoms with Gasteiger partial charge in [0.1, 0.15) is 0 Å². The number of aromatic nitrogens is 3. The molecule has 8 heteroatoms. The van der Waals surface area contributed by atoms with Crippen LogP contribution in [-0.4, -0.2) is 26.6 Å². The number of halogens is 1. The van der Waals surface area contributed by atoms with Crippen molar-refractivity contribution >= 4 is 17.2 Å². The Kier molecular flexibility index (Phi) is 4.56. The molecule has 3 N–H and O–H groups in total. The number of hydrogen-bond donors (Lipinski definition) is 2. The lowest BCUT2D eigenvalue weighted by Gasteiger charge is -2.20. The quantitative estimate of drug-likeness (QED) is 0.724. The summed E-state index contributed by atoms with van der Waals surface area (Å²) in [6, 6.07) is 7.67. The van der Waals surface area contributed by atoms with Crippen LogP contribution in [0.15, 0.2) is 47.2 Å². The topological polar surface area (TPSA) is 94.4 Å². The summed E-state index contributed by atoms with van der Waals surface area (Å²) in [7, 11) is 0. The first-order valence-electron chi connectivity index (χ1n) is 9.01. The van der Waals surface area contributed by atoms with Gasteiger partial charge in [0.05, 0.1) is 12.9 Å². The second-order valence-corrected chi connectivity index (χ2v) is 6.93. The molecular formula is C20H20FN5O2. The van der Waals surface area contributed by atoms with Gasteiger partial charge in [0.25, 0.3) is 0 Å². The zero-order valence-electron chi connectivity index (χ0n) is 15.4. The van der Waals surface area contributed by atoms with Gasteiger partial charge in [-0.1, -0.05) is 0 Å². The molecule has 0 radical (unpaired) electrons. The summed E-state index contributed by atoms with van der Waals surface area (Å²) in [6.45, 7) is 1.99. The van der Waals surface area contributed by atoms with Crippen LogP contribution in [0.4, 0.5) is 10.1 Å². The minimum absolute atomic E-state index is 0.0144. The summed E-state index contributed by atoms with van der Waals surface area (Å²) in [6.07, 6.45) is 3.29. The highest BCUT2D eigenvalue weighted by atomic mass is 19.1. The van der Waals surface area contributed by atoms with E-state index in [4.69, 9.17) is 5.73 Å². The normalized spacial score (nSPS) is 14.2. The lowest BCUT2D eigenvalue weighted by atomic mass is 9.94. The third-order valence-corrected chi connectivity index (χ3v) is 4.98. The van der Waals surface area contributed by atoms with E-state index in [1.54, 1.807) is 12.3 Å². The van der Waals surface area contributed by atoms with Crippen molar-refractivity contribution in [1.82, 2.24) is 14.2 Å². The standard InChI is InChI=1S/C20H20FN5O2/c1-12-6-16(7-14-3-5-18(27)23-19(12)14)15-2-4-17-24-26(10-13(8-21)9-22)20(28)25(17)11-15/h2,4,6-8,11H,3,5,9-10,22H2,1H3,(H,23,27)/b13-8+. The number of aryl methyl sites for hydroxylation is 2. The third-order valence-electron chi connectivity index (χ3n) is 4.98. The molecular weight excluding hydrogens is 361 g/mol. The largest absolute Gasteiger partial charge is 0.350 e. The molecule has 28 heavy (non-hydrogen) atoms. The van der Waals surface area contributed by atoms with Crippen molar-refractivity contribution < 1.29 is 9.18 Å². The Bertz CT molecular complexity index is 1180. The third kappa shape index (κ3) is 3.11. The molecule has 1 aliphatic heterocycles. The number of nitrogens with zero attached hydrogens (tertiary/aromatic N) is 3. The van der Waals surface area contributed by atoms with Gasteiger partial charge >= 0.3 is 5.69 Å². The Morgan fingerprint density at radius 3 is 2.86 bits per heavy atom. The number of fused-ring (bicyclic) bond motifs is 2. The summed E-state index contributed by atoms with van der Waals surface area (Å²) in [5, 5.41) is 7.16. The predicted molar refractivity (Wildman–Crippen MR) is 105 cm³/mol. The van der Waals surface area contributed by atoms with Crippen molar-refractivity contribution in [3.63, 3.8) is 0 Å². The van der Waals surface area contributed by atoms with Crippen LogP contribution in [-0.2, 0) is 17.8 Å². The van der Waals surface area contributed by atoms with Crippen molar-refractivity contribution in [2.24, 2.45) is 5.73 Å². The van der Waals surface area contributed by atoms with E-state index >= 15 is 0 Å². The predicted octanol–water partition coefficient (Wildman–Crippen LogP) is 2.17. The maximum absolute atomic E-state index is 12.8. The van der Waals surface area contributed by atoms with Crippen LogP contribution in [0, 0.1) is 6.92 Å². The van der Waals surface area contributed by atoms with Crippen molar-refractivity contribution in [1.29, 1.82) is 0 Å². The number of anilines is 1. The fraction of sp³-hybridized carbons (Fsp3) is 0.250. The van der Waals surface area contributed by atoms with Crippen LogP contribution in [0.2, 0.25) is 0 Å². The van der Waals surface area contributed by atoms with Crippen LogP contribution in [0.5, 0.6) is 0 Å². The van der Waals surface area contributed by atoms with Crippen LogP contribution >= 0.6 is 0 Å². The van der Waals surface area contributed by atoms with Crippen LogP contribution in [0.1, 0.15) is 17.5 Å². The van der Waals surface area contributed by atoms with Crippen molar-refractivity contribution in [2.45, 2.75) is 26.3 Å². The van der Waals surface area contributed by atoms with Gasteiger partial charge in [-0.3, -0.25) is 4.79 Å². The zero-order chi connectivity index (χ0) is 19.8. The number of nitrogens with one attached hydrogen (secondary N) is 1. The number of rotatable bonds is 4. The van der Waals surface area contributed by atoms with Crippen molar-refractivity contribution in [2.75, 3.05) is 11.9 Å². The average Bonchev–Trinajstić information content (AvgIpc) is 3.01. The molecule has 1 aromatic carbocycles. The second kappa shape index (κ2) is 7.05. The molecule has 0 fully saturated rings. The summed E-state index contributed by atoms with van der Waals surface area (Å²) < 4.78 is 15.4. The molecule has 0 unspecified atom stereocenters. The Morgan fingerprint density at radius 1 is 1.29 bits per heavy atom. The summed E-state index contributed by atoms with van der Waals surface area (Å²) in [5.41, 5.74) is 10.6. The van der Waals surface area contributed by atoms with Gasteiger partial charge in [-0.15, -0.1) is 5.10 Å². The molecule has 0 saturated heterocycles. The molecule has 4 rings (SSSR count). The fourth-order valence-corrected chi connectivity index (χ4v) is 3.48. The number of amides is 1. The highest BCUT2D eigenvalue weighted by Gasteiger charge is 2.18. The lowest BCUT2D eigenvalue weighted by Crippen LogP contribution is -2.23. The van der Waals surface area contributed by atoms with Gasteiger partial charge in [-0.25, -0.2) is 18.3 Å². The highest BCUT2D eigenvalue weighted by Crippen LogP contribution is 2.32. The zero-order valence-corrected chi connectivity index (χ0v) is 15.4. The van der Waals surface area contributed by atoms with Gasteiger partial charge in [0, 0.05) is 24.8 Å². The van der Waals surface area contributed by atoms with E-state index in [1.807, 2.05) is 25.1 Å². The van der Waals surface area contributed by atoms with Crippen LogP contribution in [0.25, 0.3) is 16.8 Å². The first-order valence-corrected chi connectivity index (χ1v) is 9.01. The minimum atomic E-state index is -0.355. The Morgan fingerprint density at radius 2 is 2.11 bits per heavy atom.